The van der Waals surface area contributed by atoms with Gasteiger partial charge in [-0.05, 0) is 55.5 Å². The van der Waals surface area contributed by atoms with Gasteiger partial charge in [-0.15, -0.1) is 0 Å². The molecule has 3 nitrogen and oxygen atoms in total. The lowest BCUT2D eigenvalue weighted by Gasteiger charge is -2.21. The van der Waals surface area contributed by atoms with Crippen LogP contribution in [-0.2, 0) is 11.3 Å². The Bertz CT molecular complexity index is 524. The summed E-state index contributed by atoms with van der Waals surface area (Å²) < 4.78 is 13.7. The van der Waals surface area contributed by atoms with Crippen LogP contribution in [0.15, 0.2) is 24.3 Å². The summed E-state index contributed by atoms with van der Waals surface area (Å²) in [4.78, 5) is 12.9. The van der Waals surface area contributed by atoms with Crippen molar-refractivity contribution in [2.75, 3.05) is 13.1 Å². The van der Waals surface area contributed by atoms with Crippen molar-refractivity contribution in [2.45, 2.75) is 32.7 Å². The van der Waals surface area contributed by atoms with E-state index in [1.165, 1.54) is 25.0 Å². The highest BCUT2D eigenvalue weighted by Gasteiger charge is 2.23. The van der Waals surface area contributed by atoms with Gasteiger partial charge in [-0.3, -0.25) is 4.90 Å². The van der Waals surface area contributed by atoms with Gasteiger partial charge in [0.15, 0.2) is 0 Å². The number of rotatable bonds is 8. The molecule has 1 aliphatic carbocycles. The maximum atomic E-state index is 13.7. The van der Waals surface area contributed by atoms with E-state index in [2.05, 4.69) is 11.8 Å². The molecule has 0 radical (unpaired) electrons. The number of carboxylic acids is 1. The van der Waals surface area contributed by atoms with Crippen molar-refractivity contribution in [1.29, 1.82) is 0 Å². The monoisotopic (exact) mass is 291 g/mol. The largest absolute Gasteiger partial charge is 0.478 e. The third-order valence-electron chi connectivity index (χ3n) is 3.63. The molecule has 0 bridgehead atoms. The van der Waals surface area contributed by atoms with Crippen LogP contribution in [0.25, 0.3) is 6.08 Å². The van der Waals surface area contributed by atoms with Crippen LogP contribution < -0.4 is 0 Å². The van der Waals surface area contributed by atoms with Crippen molar-refractivity contribution < 1.29 is 14.3 Å². The first-order chi connectivity index (χ1) is 10.1. The van der Waals surface area contributed by atoms with Crippen molar-refractivity contribution in [1.82, 2.24) is 4.90 Å². The highest BCUT2D eigenvalue weighted by atomic mass is 19.1. The third kappa shape index (κ3) is 5.31. The van der Waals surface area contributed by atoms with E-state index in [1.807, 2.05) is 0 Å². The Morgan fingerprint density at radius 3 is 2.86 bits per heavy atom. The van der Waals surface area contributed by atoms with E-state index in [4.69, 9.17) is 5.11 Å². The topological polar surface area (TPSA) is 40.5 Å². The van der Waals surface area contributed by atoms with Gasteiger partial charge in [0.05, 0.1) is 0 Å². The first-order valence-corrected chi connectivity index (χ1v) is 7.50. The van der Waals surface area contributed by atoms with Crippen molar-refractivity contribution in [2.24, 2.45) is 5.92 Å². The zero-order valence-electron chi connectivity index (χ0n) is 12.4. The lowest BCUT2D eigenvalue weighted by molar-refractivity contribution is -0.131. The minimum Gasteiger partial charge on any atom is -0.478 e. The van der Waals surface area contributed by atoms with E-state index in [1.54, 1.807) is 12.1 Å². The summed E-state index contributed by atoms with van der Waals surface area (Å²) in [5.74, 6) is -0.634. The molecule has 0 aromatic heterocycles. The van der Waals surface area contributed by atoms with Crippen LogP contribution >= 0.6 is 0 Å². The average Bonchev–Trinajstić information content (AvgIpc) is 3.23. The molecule has 0 unspecified atom stereocenters. The Balaban J connectivity index is 2.07. The number of hydrogen-bond donors (Lipinski definition) is 1. The summed E-state index contributed by atoms with van der Waals surface area (Å²) in [5.41, 5.74) is 1.35. The summed E-state index contributed by atoms with van der Waals surface area (Å²) in [5, 5.41) is 8.64. The van der Waals surface area contributed by atoms with E-state index in [-0.39, 0.29) is 5.82 Å². The SMILES string of the molecule is CCCN(Cc1ccc(F)c(C=CC(=O)O)c1)CC1CC1. The maximum absolute atomic E-state index is 13.7. The number of halogens is 1. The van der Waals surface area contributed by atoms with Crippen LogP contribution in [0, 0.1) is 11.7 Å². The van der Waals surface area contributed by atoms with Gasteiger partial charge in [0.2, 0.25) is 0 Å². The normalized spacial score (nSPS) is 15.0. The molecule has 0 heterocycles. The zero-order chi connectivity index (χ0) is 15.2. The van der Waals surface area contributed by atoms with Crippen molar-refractivity contribution >= 4 is 12.0 Å². The Morgan fingerprint density at radius 2 is 2.24 bits per heavy atom. The minimum absolute atomic E-state index is 0.331. The quantitative estimate of drug-likeness (QED) is 0.745. The fourth-order valence-corrected chi connectivity index (χ4v) is 2.46. The molecular weight excluding hydrogens is 269 g/mol. The van der Waals surface area contributed by atoms with Gasteiger partial charge < -0.3 is 5.11 Å². The minimum atomic E-state index is -1.07. The molecule has 1 N–H and O–H groups in total. The zero-order valence-corrected chi connectivity index (χ0v) is 12.4. The number of aliphatic carboxylic acids is 1. The van der Waals surface area contributed by atoms with E-state index >= 15 is 0 Å². The first-order valence-electron chi connectivity index (χ1n) is 7.50. The van der Waals surface area contributed by atoms with E-state index < -0.39 is 5.97 Å². The lowest BCUT2D eigenvalue weighted by atomic mass is 10.1. The van der Waals surface area contributed by atoms with Gasteiger partial charge in [-0.2, -0.15) is 0 Å². The molecule has 114 valence electrons. The summed E-state index contributed by atoms with van der Waals surface area (Å²) in [6, 6.07) is 4.94. The fourth-order valence-electron chi connectivity index (χ4n) is 2.46. The number of nitrogens with zero attached hydrogens (tertiary/aromatic N) is 1. The molecular formula is C17H22FNO2. The number of carboxylic acid groups (broad SMARTS) is 1. The van der Waals surface area contributed by atoms with Crippen LogP contribution in [0.2, 0.25) is 0 Å². The number of carbonyl (C=O) groups is 1. The van der Waals surface area contributed by atoms with E-state index in [0.29, 0.717) is 5.56 Å². The van der Waals surface area contributed by atoms with Crippen LogP contribution in [0.3, 0.4) is 0 Å². The van der Waals surface area contributed by atoms with Crippen LogP contribution in [0.5, 0.6) is 0 Å². The van der Waals surface area contributed by atoms with Gasteiger partial charge in [0.25, 0.3) is 0 Å². The Morgan fingerprint density at radius 1 is 1.48 bits per heavy atom. The van der Waals surface area contributed by atoms with Crippen molar-refractivity contribution in [3.05, 3.63) is 41.2 Å². The van der Waals surface area contributed by atoms with Crippen molar-refractivity contribution in [3.8, 4) is 0 Å². The standard InChI is InChI=1S/C17H22FNO2/c1-2-9-19(11-13-3-4-13)12-14-5-7-16(18)15(10-14)6-8-17(20)21/h5-8,10,13H,2-4,9,11-12H2,1H3,(H,20,21). The number of hydrogen-bond acceptors (Lipinski definition) is 2. The molecule has 21 heavy (non-hydrogen) atoms. The van der Waals surface area contributed by atoms with Gasteiger partial charge in [-0.1, -0.05) is 13.0 Å². The molecule has 0 atom stereocenters. The Hall–Kier alpha value is -1.68. The molecule has 0 aliphatic heterocycles. The summed E-state index contributed by atoms with van der Waals surface area (Å²) in [6.07, 6.45) is 6.01. The highest BCUT2D eigenvalue weighted by Crippen LogP contribution is 2.30. The van der Waals surface area contributed by atoms with Crippen LogP contribution in [0.1, 0.15) is 37.3 Å². The molecule has 1 fully saturated rings. The predicted octanol–water partition coefficient (Wildman–Crippen LogP) is 3.55. The second kappa shape index (κ2) is 7.36. The van der Waals surface area contributed by atoms with Crippen LogP contribution in [-0.4, -0.2) is 29.1 Å². The molecule has 0 amide bonds. The second-order valence-electron chi connectivity index (χ2n) is 5.71. The van der Waals surface area contributed by atoms with E-state index in [9.17, 15) is 9.18 Å². The third-order valence-corrected chi connectivity index (χ3v) is 3.63. The predicted molar refractivity (Wildman–Crippen MR) is 81.4 cm³/mol. The van der Waals surface area contributed by atoms with Gasteiger partial charge in [-0.25, -0.2) is 9.18 Å². The Labute approximate surface area is 125 Å². The highest BCUT2D eigenvalue weighted by molar-refractivity contribution is 5.85. The molecule has 1 aromatic carbocycles. The molecule has 0 saturated heterocycles. The van der Waals surface area contributed by atoms with Gasteiger partial charge >= 0.3 is 5.97 Å². The number of benzene rings is 1. The summed E-state index contributed by atoms with van der Waals surface area (Å²) >= 11 is 0. The fraction of sp³-hybridized carbons (Fsp3) is 0.471. The molecule has 2 rings (SSSR count). The molecule has 1 aliphatic rings. The summed E-state index contributed by atoms with van der Waals surface area (Å²) in [6.45, 7) is 5.09. The van der Waals surface area contributed by atoms with E-state index in [0.717, 1.165) is 43.6 Å². The van der Waals surface area contributed by atoms with Gasteiger partial charge in [0, 0.05) is 24.7 Å². The summed E-state index contributed by atoms with van der Waals surface area (Å²) in [7, 11) is 0. The second-order valence-corrected chi connectivity index (χ2v) is 5.71. The lowest BCUT2D eigenvalue weighted by Crippen LogP contribution is -2.26. The molecule has 4 heteroatoms. The molecule has 1 aromatic rings. The van der Waals surface area contributed by atoms with Gasteiger partial charge in [0.1, 0.15) is 5.82 Å². The first kappa shape index (κ1) is 15.7. The van der Waals surface area contributed by atoms with Crippen LogP contribution in [0.4, 0.5) is 4.39 Å². The average molecular weight is 291 g/mol. The maximum Gasteiger partial charge on any atom is 0.328 e. The molecule has 1 saturated carbocycles. The Kier molecular flexibility index (Phi) is 5.51. The smallest absolute Gasteiger partial charge is 0.328 e. The van der Waals surface area contributed by atoms with Crippen molar-refractivity contribution in [3.63, 3.8) is 0 Å². The molecule has 0 spiro atoms.